The molecule has 60 valence electrons. The molecule has 2 rings (SSSR count). The Morgan fingerprint density at radius 1 is 1.17 bits per heavy atom. The Morgan fingerprint density at radius 3 is 2.50 bits per heavy atom. The van der Waals surface area contributed by atoms with Gasteiger partial charge >= 0.3 is 0 Å². The summed E-state index contributed by atoms with van der Waals surface area (Å²) in [6.45, 7) is 0. The summed E-state index contributed by atoms with van der Waals surface area (Å²) < 4.78 is 0. The van der Waals surface area contributed by atoms with Gasteiger partial charge in [-0.1, -0.05) is 35.2 Å². The van der Waals surface area contributed by atoms with Gasteiger partial charge in [-0.25, -0.2) is 0 Å². The lowest BCUT2D eigenvalue weighted by atomic mass is 10.2. The van der Waals surface area contributed by atoms with E-state index in [-0.39, 0.29) is 0 Å². The zero-order chi connectivity index (χ0) is 8.39. The summed E-state index contributed by atoms with van der Waals surface area (Å²) in [7, 11) is 0. The molecular formula is C7H7N5. The molecule has 0 spiro atoms. The highest BCUT2D eigenvalue weighted by Crippen LogP contribution is 2.10. The maximum absolute atomic E-state index is 5.25. The predicted octanol–water partition coefficient (Wildman–Crippen LogP) is 0.0539. The second kappa shape index (κ2) is 2.61. The molecule has 0 atom stereocenters. The summed E-state index contributed by atoms with van der Waals surface area (Å²) >= 11 is 0. The minimum atomic E-state index is 0.540. The average Bonchev–Trinajstić information content (AvgIpc) is 2.54. The maximum Gasteiger partial charge on any atom is 0.207 e. The molecule has 0 bridgehead atoms. The molecule has 0 saturated carbocycles. The first kappa shape index (κ1) is 6.78. The first-order valence-corrected chi connectivity index (χ1v) is 3.47. The summed E-state index contributed by atoms with van der Waals surface area (Å²) in [6.07, 6.45) is 0. The van der Waals surface area contributed by atoms with Crippen molar-refractivity contribution in [2.24, 2.45) is 0 Å². The molecule has 5 nitrogen and oxygen atoms in total. The van der Waals surface area contributed by atoms with Gasteiger partial charge < -0.3 is 5.84 Å². The van der Waals surface area contributed by atoms with Crippen molar-refractivity contribution in [1.82, 2.24) is 20.3 Å². The molecule has 0 fully saturated rings. The summed E-state index contributed by atoms with van der Waals surface area (Å²) in [5.41, 5.74) is 0.911. The largest absolute Gasteiger partial charge is 0.304 e. The van der Waals surface area contributed by atoms with Crippen LogP contribution in [-0.4, -0.2) is 20.3 Å². The van der Waals surface area contributed by atoms with E-state index < -0.39 is 0 Å². The van der Waals surface area contributed by atoms with Crippen LogP contribution in [0.15, 0.2) is 30.3 Å². The third kappa shape index (κ3) is 1.12. The van der Waals surface area contributed by atoms with Crippen molar-refractivity contribution in [3.63, 3.8) is 0 Å². The summed E-state index contributed by atoms with van der Waals surface area (Å²) in [5, 5.41) is 11.1. The van der Waals surface area contributed by atoms with Crippen LogP contribution < -0.4 is 5.84 Å². The maximum atomic E-state index is 5.25. The van der Waals surface area contributed by atoms with Crippen LogP contribution in [-0.2, 0) is 0 Å². The number of tetrazole rings is 1. The SMILES string of the molecule is Nn1nnc(-c2ccccc2)n1. The van der Waals surface area contributed by atoms with Gasteiger partial charge in [-0.15, -0.1) is 10.2 Å². The number of rotatable bonds is 1. The van der Waals surface area contributed by atoms with E-state index in [1.165, 1.54) is 0 Å². The lowest BCUT2D eigenvalue weighted by molar-refractivity contribution is 0.679. The Balaban J connectivity index is 2.45. The first-order valence-electron chi connectivity index (χ1n) is 3.47. The zero-order valence-corrected chi connectivity index (χ0v) is 6.25. The Hall–Kier alpha value is -1.91. The number of nitrogen functional groups attached to an aromatic ring is 1. The molecule has 0 saturated heterocycles. The molecule has 1 aromatic carbocycles. The molecule has 1 aromatic heterocycles. The molecule has 1 heterocycles. The molecule has 0 aliphatic carbocycles. The second-order valence-corrected chi connectivity index (χ2v) is 2.30. The predicted molar refractivity (Wildman–Crippen MR) is 43.4 cm³/mol. The summed E-state index contributed by atoms with van der Waals surface area (Å²) in [6, 6.07) is 9.55. The number of hydrogen-bond acceptors (Lipinski definition) is 4. The van der Waals surface area contributed by atoms with Crippen molar-refractivity contribution < 1.29 is 0 Å². The van der Waals surface area contributed by atoms with E-state index in [0.717, 1.165) is 10.5 Å². The molecule has 0 unspecified atom stereocenters. The van der Waals surface area contributed by atoms with Gasteiger partial charge in [0.25, 0.3) is 0 Å². The Kier molecular flexibility index (Phi) is 1.48. The van der Waals surface area contributed by atoms with Crippen molar-refractivity contribution >= 4 is 0 Å². The fourth-order valence-corrected chi connectivity index (χ4v) is 0.928. The highest BCUT2D eigenvalue weighted by molar-refractivity contribution is 5.52. The van der Waals surface area contributed by atoms with Crippen LogP contribution in [0.2, 0.25) is 0 Å². The highest BCUT2D eigenvalue weighted by Gasteiger charge is 2.01. The van der Waals surface area contributed by atoms with Gasteiger partial charge in [-0.3, -0.25) is 0 Å². The van der Waals surface area contributed by atoms with Crippen molar-refractivity contribution in [3.8, 4) is 11.4 Å². The Labute approximate surface area is 68.8 Å². The summed E-state index contributed by atoms with van der Waals surface area (Å²) in [4.78, 5) is 0.947. The lowest BCUT2D eigenvalue weighted by Crippen LogP contribution is -2.11. The lowest BCUT2D eigenvalue weighted by Gasteiger charge is -1.89. The van der Waals surface area contributed by atoms with E-state index in [0.29, 0.717) is 5.82 Å². The minimum Gasteiger partial charge on any atom is -0.304 e. The van der Waals surface area contributed by atoms with Gasteiger partial charge in [0.1, 0.15) is 0 Å². The second-order valence-electron chi connectivity index (χ2n) is 2.30. The molecule has 12 heavy (non-hydrogen) atoms. The molecule has 2 N–H and O–H groups in total. The zero-order valence-electron chi connectivity index (χ0n) is 6.25. The van der Waals surface area contributed by atoms with Gasteiger partial charge in [0.2, 0.25) is 5.82 Å². The van der Waals surface area contributed by atoms with Gasteiger partial charge in [-0.2, -0.15) is 0 Å². The van der Waals surface area contributed by atoms with E-state index in [2.05, 4.69) is 15.4 Å². The molecule has 5 heteroatoms. The third-order valence-electron chi connectivity index (χ3n) is 1.46. The molecular weight excluding hydrogens is 154 g/mol. The summed E-state index contributed by atoms with van der Waals surface area (Å²) in [5.74, 6) is 5.79. The third-order valence-corrected chi connectivity index (χ3v) is 1.46. The number of hydrogen-bond donors (Lipinski definition) is 1. The van der Waals surface area contributed by atoms with E-state index in [1.807, 2.05) is 30.3 Å². The van der Waals surface area contributed by atoms with Crippen molar-refractivity contribution in [3.05, 3.63) is 30.3 Å². The van der Waals surface area contributed by atoms with Crippen LogP contribution in [0.5, 0.6) is 0 Å². The minimum absolute atomic E-state index is 0.540. The highest BCUT2D eigenvalue weighted by atomic mass is 15.7. The molecule has 0 radical (unpaired) electrons. The topological polar surface area (TPSA) is 69.6 Å². The molecule has 0 aliphatic heterocycles. The average molecular weight is 161 g/mol. The van der Waals surface area contributed by atoms with Crippen LogP contribution in [0, 0.1) is 0 Å². The van der Waals surface area contributed by atoms with Crippen molar-refractivity contribution in [2.45, 2.75) is 0 Å². The van der Waals surface area contributed by atoms with Gasteiger partial charge in [-0.05, 0) is 5.21 Å². The van der Waals surface area contributed by atoms with Crippen molar-refractivity contribution in [1.29, 1.82) is 0 Å². The fraction of sp³-hybridized carbons (Fsp3) is 0. The van der Waals surface area contributed by atoms with Crippen molar-refractivity contribution in [2.75, 3.05) is 5.84 Å². The number of benzene rings is 1. The first-order chi connectivity index (χ1) is 5.86. The fourth-order valence-electron chi connectivity index (χ4n) is 0.928. The van der Waals surface area contributed by atoms with Crippen LogP contribution >= 0.6 is 0 Å². The van der Waals surface area contributed by atoms with Crippen LogP contribution in [0.4, 0.5) is 0 Å². The number of aromatic nitrogens is 4. The van der Waals surface area contributed by atoms with E-state index >= 15 is 0 Å². The smallest absolute Gasteiger partial charge is 0.207 e. The Morgan fingerprint density at radius 2 is 1.92 bits per heavy atom. The molecule has 0 amide bonds. The standard InChI is InChI=1S/C7H7N5/c8-12-10-7(9-11-12)6-4-2-1-3-5-6/h1-5H,8H2. The molecule has 2 aromatic rings. The van der Waals surface area contributed by atoms with Gasteiger partial charge in [0.15, 0.2) is 0 Å². The van der Waals surface area contributed by atoms with E-state index in [9.17, 15) is 0 Å². The monoisotopic (exact) mass is 161 g/mol. The van der Waals surface area contributed by atoms with Crippen LogP contribution in [0.25, 0.3) is 11.4 Å². The molecule has 0 aliphatic rings. The normalized spacial score (nSPS) is 10.0. The van der Waals surface area contributed by atoms with Gasteiger partial charge in [0, 0.05) is 5.56 Å². The Bertz CT molecular complexity index is 366. The quantitative estimate of drug-likeness (QED) is 0.600. The number of nitrogens with zero attached hydrogens (tertiary/aromatic N) is 4. The van der Waals surface area contributed by atoms with Crippen LogP contribution in [0.1, 0.15) is 0 Å². The van der Waals surface area contributed by atoms with Gasteiger partial charge in [0.05, 0.1) is 0 Å². The number of nitrogens with two attached hydrogens (primary N) is 1. The van der Waals surface area contributed by atoms with Crippen LogP contribution in [0.3, 0.4) is 0 Å². The van der Waals surface area contributed by atoms with E-state index in [4.69, 9.17) is 5.84 Å². The van der Waals surface area contributed by atoms with E-state index in [1.54, 1.807) is 0 Å².